The lowest BCUT2D eigenvalue weighted by atomic mass is 9.99. The van der Waals surface area contributed by atoms with Gasteiger partial charge in [0.25, 0.3) is 15.7 Å². The molecule has 0 radical (unpaired) electrons. The molecule has 1 amide bonds. The first-order chi connectivity index (χ1) is 27.9. The van der Waals surface area contributed by atoms with E-state index >= 15 is 0 Å². The minimum absolute atomic E-state index is 0.0449. The second-order valence-corrected chi connectivity index (χ2v) is 18.1. The van der Waals surface area contributed by atoms with Crippen LogP contribution in [0.1, 0.15) is 12.0 Å². The molecule has 0 bridgehead atoms. The predicted octanol–water partition coefficient (Wildman–Crippen LogP) is 7.49. The smallest absolute Gasteiger partial charge is 0.293 e. The molecule has 300 valence electrons. The van der Waals surface area contributed by atoms with Crippen molar-refractivity contribution in [3.63, 3.8) is 0 Å². The Morgan fingerprint density at radius 2 is 1.79 bits per heavy atom. The van der Waals surface area contributed by atoms with E-state index in [9.17, 15) is 23.3 Å². The maximum absolute atomic E-state index is 13.7. The third-order valence-electron chi connectivity index (χ3n) is 9.71. The molecule has 2 aromatic heterocycles. The van der Waals surface area contributed by atoms with Gasteiger partial charge in [0.15, 0.2) is 5.82 Å². The van der Waals surface area contributed by atoms with Gasteiger partial charge in [-0.25, -0.2) is 23.4 Å². The van der Waals surface area contributed by atoms with Crippen LogP contribution in [0.15, 0.2) is 112 Å². The number of hydrogen-bond donors (Lipinski definition) is 2. The summed E-state index contributed by atoms with van der Waals surface area (Å²) in [4.78, 5) is 43.0. The van der Waals surface area contributed by atoms with E-state index in [0.717, 1.165) is 59.9 Å². The Hall–Kier alpha value is -5.33. The van der Waals surface area contributed by atoms with Crippen molar-refractivity contribution in [1.29, 1.82) is 0 Å². The van der Waals surface area contributed by atoms with Crippen molar-refractivity contribution in [2.75, 3.05) is 61.0 Å². The van der Waals surface area contributed by atoms with Crippen LogP contribution in [0.25, 0.3) is 22.0 Å². The highest BCUT2D eigenvalue weighted by atomic mass is 35.5. The molecule has 3 heterocycles. The zero-order valence-corrected chi connectivity index (χ0v) is 34.8. The van der Waals surface area contributed by atoms with Gasteiger partial charge in [0, 0.05) is 98.8 Å². The molecule has 2 N–H and O–H groups in total. The highest BCUT2D eigenvalue weighted by Gasteiger charge is 2.26. The van der Waals surface area contributed by atoms with E-state index in [1.54, 1.807) is 26.4 Å². The summed E-state index contributed by atoms with van der Waals surface area (Å²) in [5.74, 6) is 0.269. The van der Waals surface area contributed by atoms with Crippen molar-refractivity contribution >= 4 is 84.4 Å². The second-order valence-electron chi connectivity index (χ2n) is 13.8. The van der Waals surface area contributed by atoms with Gasteiger partial charge in [-0.1, -0.05) is 59.8 Å². The summed E-state index contributed by atoms with van der Waals surface area (Å²) < 4.78 is 30.7. The predicted molar refractivity (Wildman–Crippen MR) is 231 cm³/mol. The molecule has 1 aliphatic rings. The van der Waals surface area contributed by atoms with Crippen molar-refractivity contribution in [3.05, 3.63) is 124 Å². The first kappa shape index (κ1) is 40.9. The Morgan fingerprint density at radius 1 is 1.00 bits per heavy atom. The van der Waals surface area contributed by atoms with Gasteiger partial charge in [-0.15, -0.1) is 11.3 Å². The van der Waals surface area contributed by atoms with Crippen LogP contribution in [-0.4, -0.2) is 96.1 Å². The number of benzene rings is 4. The van der Waals surface area contributed by atoms with Gasteiger partial charge in [0.05, 0.1) is 15.3 Å². The van der Waals surface area contributed by atoms with Gasteiger partial charge in [-0.2, -0.15) is 0 Å². The number of thiazole rings is 1. The fourth-order valence-electron chi connectivity index (χ4n) is 6.68. The Bertz CT molecular complexity index is 2520. The summed E-state index contributed by atoms with van der Waals surface area (Å²) >= 11 is 9.28. The summed E-state index contributed by atoms with van der Waals surface area (Å²) in [5.41, 5.74) is 4.61. The molecule has 1 saturated heterocycles. The molecule has 0 saturated carbocycles. The topological polar surface area (TPSA) is 167 Å². The van der Waals surface area contributed by atoms with Gasteiger partial charge in [-0.05, 0) is 59.2 Å². The number of nitrogens with one attached hydrogen (secondary N) is 2. The highest BCUT2D eigenvalue weighted by molar-refractivity contribution is 8.01. The first-order valence-corrected chi connectivity index (χ1v) is 22.0. The molecular formula is C40H40ClN9O5S3. The molecule has 18 heteroatoms. The third-order valence-corrected chi connectivity index (χ3v) is 13.4. The molecule has 7 rings (SSSR count). The van der Waals surface area contributed by atoms with Gasteiger partial charge in [0.1, 0.15) is 16.4 Å². The number of rotatable bonds is 15. The Labute approximate surface area is 349 Å². The van der Waals surface area contributed by atoms with E-state index in [-0.39, 0.29) is 28.7 Å². The fourth-order valence-corrected chi connectivity index (χ4v) is 9.60. The molecular weight excluding hydrogens is 818 g/mol. The average Bonchev–Trinajstić information content (AvgIpc) is 3.74. The fraction of sp³-hybridized carbons (Fsp3) is 0.250. The first-order valence-electron chi connectivity index (χ1n) is 18.3. The number of thioether (sulfide) groups is 1. The summed E-state index contributed by atoms with van der Waals surface area (Å²) in [7, 11) is -1.06. The van der Waals surface area contributed by atoms with E-state index in [4.69, 9.17) is 11.6 Å². The number of nitro groups is 1. The number of aromatic nitrogens is 3. The normalized spacial score (nSPS) is 13.9. The van der Waals surface area contributed by atoms with E-state index < -0.39 is 26.7 Å². The number of fused-ring (bicyclic) bond motifs is 1. The highest BCUT2D eigenvalue weighted by Crippen LogP contribution is 2.33. The maximum atomic E-state index is 13.7. The van der Waals surface area contributed by atoms with Crippen LogP contribution in [-0.2, 0) is 21.4 Å². The molecule has 6 aromatic rings. The second kappa shape index (κ2) is 18.1. The van der Waals surface area contributed by atoms with Crippen molar-refractivity contribution in [2.45, 2.75) is 28.2 Å². The molecule has 0 aliphatic carbocycles. The van der Waals surface area contributed by atoms with Crippen molar-refractivity contribution < 1.29 is 18.1 Å². The molecule has 0 spiro atoms. The lowest BCUT2D eigenvalue weighted by Gasteiger charge is -2.36. The Balaban J connectivity index is 1.04. The molecule has 4 aromatic carbocycles. The molecule has 0 unspecified atom stereocenters. The largest absolute Gasteiger partial charge is 0.375 e. The standard InChI is InChI=1S/C40H40ClN9O5S3/c1-47(2)38(51)21-30(25-57-40-42-14-19-56-40)45-35-13-10-32(23-37(35)50(52)53)58(54,55)46-39-34-12-9-31(22-36(34)43-26-44-39)49-17-15-48(16-18-49)24-28-20-29(41)8-11-33(28)27-6-4-3-5-7-27/h3-14,19-20,22-23,26,30,45H,15-18,21,24-25H2,1-2H3,(H,43,44,46)/t30-/m1/s1. The lowest BCUT2D eigenvalue weighted by Crippen LogP contribution is -2.46. The quantitative estimate of drug-likeness (QED) is 0.0595. The molecule has 1 aliphatic heterocycles. The molecule has 1 fully saturated rings. The van der Waals surface area contributed by atoms with Crippen LogP contribution in [0, 0.1) is 10.1 Å². The number of sulfonamides is 1. The lowest BCUT2D eigenvalue weighted by molar-refractivity contribution is -0.384. The van der Waals surface area contributed by atoms with Crippen LogP contribution >= 0.6 is 34.7 Å². The number of carbonyl (C=O) groups excluding carboxylic acids is 1. The maximum Gasteiger partial charge on any atom is 0.293 e. The number of halogens is 1. The zero-order chi connectivity index (χ0) is 40.8. The van der Waals surface area contributed by atoms with Crippen LogP contribution in [0.4, 0.5) is 22.9 Å². The van der Waals surface area contributed by atoms with Crippen LogP contribution in [0.5, 0.6) is 0 Å². The monoisotopic (exact) mass is 857 g/mol. The minimum atomic E-state index is -4.33. The molecule has 58 heavy (non-hydrogen) atoms. The Kier molecular flexibility index (Phi) is 12.7. The molecule has 14 nitrogen and oxygen atoms in total. The number of anilines is 3. The number of carbonyl (C=O) groups is 1. The van der Waals surface area contributed by atoms with Gasteiger partial charge in [0.2, 0.25) is 5.91 Å². The van der Waals surface area contributed by atoms with Crippen LogP contribution in [0.3, 0.4) is 0 Å². The van der Waals surface area contributed by atoms with Gasteiger partial charge in [-0.3, -0.25) is 24.5 Å². The van der Waals surface area contributed by atoms with Crippen molar-refractivity contribution in [1.82, 2.24) is 24.8 Å². The Morgan fingerprint density at radius 3 is 2.52 bits per heavy atom. The summed E-state index contributed by atoms with van der Waals surface area (Å²) in [6, 6.07) is 25.0. The average molecular weight is 858 g/mol. The number of nitrogens with zero attached hydrogens (tertiary/aromatic N) is 7. The van der Waals surface area contributed by atoms with Crippen molar-refractivity contribution in [2.24, 2.45) is 0 Å². The van der Waals surface area contributed by atoms with E-state index in [1.807, 2.05) is 47.8 Å². The van der Waals surface area contributed by atoms with E-state index in [2.05, 4.69) is 53.0 Å². The number of hydrogen-bond acceptors (Lipinski definition) is 13. The van der Waals surface area contributed by atoms with Crippen molar-refractivity contribution in [3.8, 4) is 11.1 Å². The van der Waals surface area contributed by atoms with E-state index in [1.165, 1.54) is 52.0 Å². The third kappa shape index (κ3) is 9.85. The van der Waals surface area contributed by atoms with Gasteiger partial charge < -0.3 is 15.1 Å². The molecule has 1 atom stereocenters. The van der Waals surface area contributed by atoms with Crippen LogP contribution in [0.2, 0.25) is 5.02 Å². The SMILES string of the molecule is CN(C)C(=O)C[C@H](CSc1nccs1)Nc1ccc(S(=O)(=O)Nc2ncnc3cc(N4CCN(Cc5cc(Cl)ccc5-c5ccccc5)CC4)ccc23)cc1[N+](=O)[O-]. The minimum Gasteiger partial charge on any atom is -0.375 e. The van der Waals surface area contributed by atoms with Crippen LogP contribution < -0.4 is 14.9 Å². The number of nitro benzene ring substituents is 1. The summed E-state index contributed by atoms with van der Waals surface area (Å²) in [6.07, 6.45) is 3.02. The number of piperazine rings is 1. The zero-order valence-electron chi connectivity index (χ0n) is 31.6. The summed E-state index contributed by atoms with van der Waals surface area (Å²) in [6.45, 7) is 3.97. The summed E-state index contributed by atoms with van der Waals surface area (Å²) in [5, 5.41) is 18.4. The van der Waals surface area contributed by atoms with E-state index in [0.29, 0.717) is 21.7 Å². The number of amides is 1. The van der Waals surface area contributed by atoms with Gasteiger partial charge >= 0.3 is 0 Å².